The molecule has 1 aliphatic rings. The highest BCUT2D eigenvalue weighted by molar-refractivity contribution is 8.14. The molecule has 0 saturated carbocycles. The molecule has 10 heteroatoms. The number of benzene rings is 1. The van der Waals surface area contributed by atoms with Crippen LogP contribution in [0.15, 0.2) is 29.5 Å². The Kier molecular flexibility index (Phi) is 5.74. The summed E-state index contributed by atoms with van der Waals surface area (Å²) in [6, 6.07) is 2.29. The average Bonchev–Trinajstić information content (AvgIpc) is 2.68. The highest BCUT2D eigenvalue weighted by Gasteiger charge is 2.42. The van der Waals surface area contributed by atoms with E-state index in [2.05, 4.69) is 20.3 Å². The maximum atomic E-state index is 14.7. The van der Waals surface area contributed by atoms with Gasteiger partial charge in [0, 0.05) is 22.6 Å². The van der Waals surface area contributed by atoms with Crippen LogP contribution in [0.5, 0.6) is 5.88 Å². The van der Waals surface area contributed by atoms with E-state index in [-0.39, 0.29) is 34.0 Å². The van der Waals surface area contributed by atoms with Crippen molar-refractivity contribution in [1.82, 2.24) is 9.97 Å². The van der Waals surface area contributed by atoms with E-state index in [4.69, 9.17) is 10.5 Å². The van der Waals surface area contributed by atoms with Gasteiger partial charge in [-0.2, -0.15) is 0 Å². The van der Waals surface area contributed by atoms with Crippen LogP contribution in [-0.2, 0) is 5.54 Å². The molecule has 0 aliphatic carbocycles. The summed E-state index contributed by atoms with van der Waals surface area (Å²) in [4.78, 5) is 24.7. The van der Waals surface area contributed by atoms with Crippen LogP contribution in [0.4, 0.5) is 14.5 Å². The molecule has 3 rings (SSSR count). The van der Waals surface area contributed by atoms with Crippen molar-refractivity contribution in [2.45, 2.75) is 31.6 Å². The summed E-state index contributed by atoms with van der Waals surface area (Å²) in [5, 5.41) is 2.88. The number of amidine groups is 1. The number of nitrogens with one attached hydrogen (secondary N) is 1. The number of methoxy groups -OCH3 is 1. The molecule has 2 heterocycles. The first-order valence-electron chi connectivity index (χ1n) is 8.84. The van der Waals surface area contributed by atoms with Gasteiger partial charge in [-0.3, -0.25) is 9.79 Å². The largest absolute Gasteiger partial charge is 0.480 e. The molecule has 0 bridgehead atoms. The molecule has 0 radical (unpaired) electrons. The van der Waals surface area contributed by atoms with E-state index in [9.17, 15) is 13.6 Å². The van der Waals surface area contributed by atoms with Gasteiger partial charge in [0.2, 0.25) is 5.88 Å². The molecule has 154 valence electrons. The first-order chi connectivity index (χ1) is 13.7. The number of carbonyl (C=O) groups is 1. The SMILES string of the molecule is COc1cnc(C(=O)Nc2cc(F)c(F)c([C@@]3(C)N=C(N)SC(C)C3C)c2)cn1. The summed E-state index contributed by atoms with van der Waals surface area (Å²) in [7, 11) is 1.42. The lowest BCUT2D eigenvalue weighted by Crippen LogP contribution is -2.41. The third-order valence-electron chi connectivity index (χ3n) is 5.14. The number of hydrogen-bond donors (Lipinski definition) is 2. The van der Waals surface area contributed by atoms with Gasteiger partial charge in [0.25, 0.3) is 5.91 Å². The topological polar surface area (TPSA) is 102 Å². The molecule has 1 amide bonds. The standard InChI is InChI=1S/C19H21F2N5O2S/c1-9-10(2)29-18(22)26-19(9,3)12-5-11(6-13(20)16(12)21)25-17(27)14-7-24-15(28-4)8-23-14/h5-10H,1-4H3,(H2,22,26)(H,25,27)/t9?,10?,19-/m0/s1. The molecule has 1 aliphatic heterocycles. The van der Waals surface area contributed by atoms with Crippen molar-refractivity contribution in [3.63, 3.8) is 0 Å². The second-order valence-electron chi connectivity index (χ2n) is 6.93. The summed E-state index contributed by atoms with van der Waals surface area (Å²) in [6.07, 6.45) is 2.51. The van der Waals surface area contributed by atoms with Gasteiger partial charge < -0.3 is 15.8 Å². The molecule has 0 spiro atoms. The van der Waals surface area contributed by atoms with Crippen molar-refractivity contribution in [3.8, 4) is 5.88 Å². The van der Waals surface area contributed by atoms with Crippen molar-refractivity contribution < 1.29 is 18.3 Å². The molecule has 29 heavy (non-hydrogen) atoms. The van der Waals surface area contributed by atoms with Gasteiger partial charge in [-0.25, -0.2) is 18.7 Å². The molecular formula is C19H21F2N5O2S. The minimum Gasteiger partial charge on any atom is -0.480 e. The zero-order chi connectivity index (χ0) is 21.3. The molecule has 3 N–H and O–H groups in total. The van der Waals surface area contributed by atoms with Crippen molar-refractivity contribution in [2.24, 2.45) is 16.6 Å². The molecule has 1 aromatic carbocycles. The molecule has 0 saturated heterocycles. The van der Waals surface area contributed by atoms with Crippen LogP contribution in [0.25, 0.3) is 0 Å². The van der Waals surface area contributed by atoms with Crippen LogP contribution in [0, 0.1) is 17.6 Å². The van der Waals surface area contributed by atoms with Gasteiger partial charge in [0.05, 0.1) is 25.0 Å². The Morgan fingerprint density at radius 2 is 2.00 bits per heavy atom. The first kappa shape index (κ1) is 21.0. The monoisotopic (exact) mass is 421 g/mol. The molecule has 2 unspecified atom stereocenters. The second kappa shape index (κ2) is 7.94. The van der Waals surface area contributed by atoms with Crippen LogP contribution >= 0.6 is 11.8 Å². The van der Waals surface area contributed by atoms with Gasteiger partial charge in [-0.05, 0) is 18.9 Å². The number of halogens is 2. The zero-order valence-corrected chi connectivity index (χ0v) is 17.2. The smallest absolute Gasteiger partial charge is 0.275 e. The van der Waals surface area contributed by atoms with Gasteiger partial charge in [0.15, 0.2) is 16.8 Å². The average molecular weight is 421 g/mol. The Bertz CT molecular complexity index is 970. The predicted molar refractivity (Wildman–Crippen MR) is 108 cm³/mol. The lowest BCUT2D eigenvalue weighted by atomic mass is 9.78. The molecule has 7 nitrogen and oxygen atoms in total. The number of aliphatic imine (C=N–C) groups is 1. The molecule has 2 aromatic rings. The fraction of sp³-hybridized carbons (Fsp3) is 0.368. The van der Waals surface area contributed by atoms with Crippen molar-refractivity contribution in [1.29, 1.82) is 0 Å². The van der Waals surface area contributed by atoms with Crippen molar-refractivity contribution in [3.05, 3.63) is 47.4 Å². The van der Waals surface area contributed by atoms with E-state index in [1.807, 2.05) is 13.8 Å². The number of carbonyl (C=O) groups excluding carboxylic acids is 1. The summed E-state index contributed by atoms with van der Waals surface area (Å²) >= 11 is 1.39. The number of aromatic nitrogens is 2. The van der Waals surface area contributed by atoms with Crippen molar-refractivity contribution in [2.75, 3.05) is 12.4 Å². The Hall–Kier alpha value is -2.75. The number of rotatable bonds is 4. The van der Waals surface area contributed by atoms with Gasteiger partial charge in [-0.15, -0.1) is 0 Å². The van der Waals surface area contributed by atoms with Crippen LogP contribution in [0.2, 0.25) is 0 Å². The quantitative estimate of drug-likeness (QED) is 0.785. The fourth-order valence-electron chi connectivity index (χ4n) is 3.18. The highest BCUT2D eigenvalue weighted by atomic mass is 32.2. The normalized spacial score (nSPS) is 24.0. The maximum Gasteiger partial charge on any atom is 0.275 e. The number of ether oxygens (including phenoxy) is 1. The highest BCUT2D eigenvalue weighted by Crippen LogP contribution is 2.45. The third-order valence-corrected chi connectivity index (χ3v) is 6.25. The van der Waals surface area contributed by atoms with Crippen molar-refractivity contribution >= 4 is 28.5 Å². The predicted octanol–water partition coefficient (Wildman–Crippen LogP) is 3.32. The lowest BCUT2D eigenvalue weighted by molar-refractivity contribution is 0.102. The van der Waals surface area contributed by atoms with Crippen LogP contribution in [-0.4, -0.2) is 33.4 Å². The molecule has 0 fully saturated rings. The van der Waals surface area contributed by atoms with Crippen LogP contribution in [0.3, 0.4) is 0 Å². The fourth-order valence-corrected chi connectivity index (χ4v) is 4.27. The minimum absolute atomic E-state index is 0.00150. The lowest BCUT2D eigenvalue weighted by Gasteiger charge is -2.40. The van der Waals surface area contributed by atoms with Gasteiger partial charge in [-0.1, -0.05) is 25.6 Å². The summed E-state index contributed by atoms with van der Waals surface area (Å²) in [5.41, 5.74) is 4.93. The first-order valence-corrected chi connectivity index (χ1v) is 9.72. The number of anilines is 1. The Morgan fingerprint density at radius 1 is 1.28 bits per heavy atom. The Labute approximate surface area is 171 Å². The number of nitrogens with zero attached hydrogens (tertiary/aromatic N) is 3. The number of hydrogen-bond acceptors (Lipinski definition) is 7. The number of nitrogens with two attached hydrogens (primary N) is 1. The number of amides is 1. The van der Waals surface area contributed by atoms with E-state index in [0.717, 1.165) is 6.07 Å². The zero-order valence-electron chi connectivity index (χ0n) is 16.4. The minimum atomic E-state index is -1.09. The van der Waals surface area contributed by atoms with Crippen LogP contribution < -0.4 is 15.8 Å². The van der Waals surface area contributed by atoms with Gasteiger partial charge in [0.1, 0.15) is 5.69 Å². The summed E-state index contributed by atoms with van der Waals surface area (Å²) < 4.78 is 34.0. The van der Waals surface area contributed by atoms with E-state index >= 15 is 0 Å². The molecule has 3 atom stereocenters. The summed E-state index contributed by atoms with van der Waals surface area (Å²) in [6.45, 7) is 5.57. The second-order valence-corrected chi connectivity index (χ2v) is 8.32. The van der Waals surface area contributed by atoms with Crippen LogP contribution in [0.1, 0.15) is 36.8 Å². The summed E-state index contributed by atoms with van der Waals surface area (Å²) in [5.74, 6) is -2.61. The van der Waals surface area contributed by atoms with E-state index in [0.29, 0.717) is 5.17 Å². The van der Waals surface area contributed by atoms with E-state index in [1.54, 1.807) is 6.92 Å². The van der Waals surface area contributed by atoms with Gasteiger partial charge >= 0.3 is 0 Å². The molecular weight excluding hydrogens is 400 g/mol. The van der Waals surface area contributed by atoms with E-state index < -0.39 is 23.1 Å². The van der Waals surface area contributed by atoms with E-state index in [1.165, 1.54) is 37.3 Å². The maximum absolute atomic E-state index is 14.7. The Morgan fingerprint density at radius 3 is 2.62 bits per heavy atom. The third kappa shape index (κ3) is 4.02. The number of thioether (sulfide) groups is 1. The Balaban J connectivity index is 1.97. The molecule has 1 aromatic heterocycles.